The number of aliphatic hydroxyl groups is 1. The topological polar surface area (TPSA) is 134 Å². The van der Waals surface area contributed by atoms with Crippen molar-refractivity contribution in [3.8, 4) is 0 Å². The van der Waals surface area contributed by atoms with Crippen LogP contribution in [0.3, 0.4) is 0 Å². The normalized spacial score (nSPS) is 51.5. The Morgan fingerprint density at radius 3 is 2.60 bits per heavy atom. The lowest BCUT2D eigenvalue weighted by molar-refractivity contribution is -0.446. The molecule has 1 spiro atoms. The van der Waals surface area contributed by atoms with Crippen LogP contribution in [0.25, 0.3) is 0 Å². The Hall–Kier alpha value is -2.43. The number of ether oxygens (including phenoxy) is 5. The van der Waals surface area contributed by atoms with E-state index < -0.39 is 63.8 Å². The number of rotatable bonds is 5. The van der Waals surface area contributed by atoms with Crippen LogP contribution in [-0.4, -0.2) is 60.3 Å². The van der Waals surface area contributed by atoms with Crippen LogP contribution in [0.1, 0.15) is 71.5 Å². The quantitative estimate of drug-likeness (QED) is 0.326. The van der Waals surface area contributed by atoms with Crippen LogP contribution in [-0.2, 0) is 38.1 Å². The Bertz CT molecular complexity index is 1260. The van der Waals surface area contributed by atoms with Crippen LogP contribution in [0.4, 0.5) is 0 Å². The highest BCUT2D eigenvalue weighted by Gasteiger charge is 2.91. The number of fused-ring (bicyclic) bond motifs is 2. The minimum Gasteiger partial charge on any atom is -0.472 e. The van der Waals surface area contributed by atoms with E-state index in [9.17, 15) is 19.5 Å². The Morgan fingerprint density at radius 2 is 1.93 bits per heavy atom. The fourth-order valence-corrected chi connectivity index (χ4v) is 10.3. The van der Waals surface area contributed by atoms with Gasteiger partial charge >= 0.3 is 17.9 Å². The molecule has 0 amide bonds. The molecule has 10 heteroatoms. The van der Waals surface area contributed by atoms with E-state index >= 15 is 0 Å². The third-order valence-electron chi connectivity index (χ3n) is 12.2. The Labute approximate surface area is 233 Å². The number of hydrogen-bond donors (Lipinski definition) is 1. The summed E-state index contributed by atoms with van der Waals surface area (Å²) in [4.78, 5) is 38.8. The highest BCUT2D eigenvalue weighted by Crippen LogP contribution is 2.82. The summed E-state index contributed by atoms with van der Waals surface area (Å²) in [6.45, 7) is 8.02. The van der Waals surface area contributed by atoms with Crippen molar-refractivity contribution in [1.29, 1.82) is 0 Å². The SMILES string of the molecule is CCC(=O)O[C@@H]1C2[C@H]3O[C@]34[C@@H]3CC(=O)O[C@@H](c5ccoc5)[C@]3(C)CC[C@@H]4[C@@]3(C)[C@@H](CC(=O)OC)[C@@]1(C)CO[C@@]23O. The molecule has 3 aliphatic carbocycles. The second-order valence-corrected chi connectivity index (χ2v) is 13.6. The van der Waals surface area contributed by atoms with E-state index in [1.807, 2.05) is 19.9 Å². The minimum atomic E-state index is -1.69. The molecule has 7 aliphatic rings. The van der Waals surface area contributed by atoms with Crippen molar-refractivity contribution in [2.75, 3.05) is 13.7 Å². The van der Waals surface area contributed by atoms with E-state index in [1.165, 1.54) is 7.11 Å². The zero-order valence-corrected chi connectivity index (χ0v) is 23.6. The first kappa shape index (κ1) is 26.5. The smallest absolute Gasteiger partial charge is 0.306 e. The number of carbonyl (C=O) groups is 3. The second-order valence-electron chi connectivity index (χ2n) is 13.6. The van der Waals surface area contributed by atoms with E-state index in [0.717, 1.165) is 12.0 Å². The van der Waals surface area contributed by atoms with Gasteiger partial charge in [0.15, 0.2) is 5.79 Å². The van der Waals surface area contributed by atoms with Crippen molar-refractivity contribution in [2.45, 2.75) is 89.5 Å². The first-order chi connectivity index (χ1) is 18.9. The second kappa shape index (κ2) is 8.10. The monoisotopic (exact) mass is 558 g/mol. The summed E-state index contributed by atoms with van der Waals surface area (Å²) < 4.78 is 35.8. The predicted octanol–water partition coefficient (Wildman–Crippen LogP) is 3.31. The van der Waals surface area contributed by atoms with Crippen LogP contribution in [0.5, 0.6) is 0 Å². The third-order valence-corrected chi connectivity index (χ3v) is 12.2. The van der Waals surface area contributed by atoms with Crippen molar-refractivity contribution >= 4 is 17.9 Å². The number of epoxide rings is 1. The molecule has 0 aromatic carbocycles. The van der Waals surface area contributed by atoms with Gasteiger partial charge in [0, 0.05) is 46.5 Å². The van der Waals surface area contributed by atoms with Gasteiger partial charge in [0.2, 0.25) is 0 Å². The van der Waals surface area contributed by atoms with Crippen LogP contribution in [0, 0.1) is 39.9 Å². The average Bonchev–Trinajstić information content (AvgIpc) is 3.37. The highest BCUT2D eigenvalue weighted by atomic mass is 16.7. The number of esters is 3. The van der Waals surface area contributed by atoms with E-state index in [-0.39, 0.29) is 49.6 Å². The molecule has 218 valence electrons. The van der Waals surface area contributed by atoms with Crippen LogP contribution in [0.15, 0.2) is 23.0 Å². The van der Waals surface area contributed by atoms with Crippen molar-refractivity contribution in [3.05, 3.63) is 24.2 Å². The van der Waals surface area contributed by atoms with Crippen LogP contribution < -0.4 is 0 Å². The van der Waals surface area contributed by atoms with Crippen molar-refractivity contribution in [1.82, 2.24) is 0 Å². The number of methoxy groups -OCH3 is 1. The summed E-state index contributed by atoms with van der Waals surface area (Å²) >= 11 is 0. The van der Waals surface area contributed by atoms with Gasteiger partial charge < -0.3 is 33.2 Å². The molecule has 40 heavy (non-hydrogen) atoms. The van der Waals surface area contributed by atoms with Gasteiger partial charge in [-0.3, -0.25) is 14.4 Å². The molecule has 1 aromatic heterocycles. The Morgan fingerprint density at radius 1 is 1.15 bits per heavy atom. The molecule has 8 rings (SSSR count). The molecule has 10 nitrogen and oxygen atoms in total. The molecule has 4 saturated heterocycles. The number of furan rings is 1. The van der Waals surface area contributed by atoms with Crippen molar-refractivity contribution < 1.29 is 47.6 Å². The van der Waals surface area contributed by atoms with Gasteiger partial charge in [-0.05, 0) is 24.8 Å². The third kappa shape index (κ3) is 2.88. The molecule has 1 unspecified atom stereocenters. The van der Waals surface area contributed by atoms with E-state index in [0.29, 0.717) is 6.42 Å². The van der Waals surface area contributed by atoms with Crippen molar-refractivity contribution in [3.63, 3.8) is 0 Å². The van der Waals surface area contributed by atoms with Gasteiger partial charge in [0.1, 0.15) is 17.8 Å². The zero-order valence-electron chi connectivity index (χ0n) is 23.6. The summed E-state index contributed by atoms with van der Waals surface area (Å²) in [7, 11) is 1.36. The predicted molar refractivity (Wildman–Crippen MR) is 135 cm³/mol. The van der Waals surface area contributed by atoms with Gasteiger partial charge in [-0.15, -0.1) is 0 Å². The standard InChI is InChI=1S/C30H38O10/c1-6-19(31)38-24-22-25-29(40-25)16(28(4)17(11-20(32)35-5)27(24,3)14-37-30(22,28)34)7-9-26(2)18(29)12-21(33)39-23(26)15-8-10-36-13-15/h8,10,13,16-18,22-25,34H,6-7,9,11-12,14H2,1-5H3/t16-,17+,18-,22?,23+,24-,25-,26-,27-,28+,29-,30+/m1/s1. The lowest BCUT2D eigenvalue weighted by atomic mass is 9.34. The molecule has 12 atom stereocenters. The molecule has 7 fully saturated rings. The maximum atomic E-state index is 13.2. The Kier molecular flexibility index (Phi) is 5.36. The molecule has 1 aromatic rings. The fourth-order valence-electron chi connectivity index (χ4n) is 10.3. The molecule has 4 bridgehead atoms. The van der Waals surface area contributed by atoms with Gasteiger partial charge in [-0.2, -0.15) is 0 Å². The first-order valence-corrected chi connectivity index (χ1v) is 14.4. The molecular formula is C30H38O10. The van der Waals surface area contributed by atoms with Crippen LogP contribution >= 0.6 is 0 Å². The summed E-state index contributed by atoms with van der Waals surface area (Å²) in [6.07, 6.45) is 3.28. The molecule has 1 N–H and O–H groups in total. The average molecular weight is 559 g/mol. The zero-order chi connectivity index (χ0) is 28.5. The molecule has 0 radical (unpaired) electrons. The maximum absolute atomic E-state index is 13.2. The van der Waals surface area contributed by atoms with Gasteiger partial charge in [0.25, 0.3) is 0 Å². The first-order valence-electron chi connectivity index (χ1n) is 14.4. The lowest BCUT2D eigenvalue weighted by Gasteiger charge is -2.74. The van der Waals surface area contributed by atoms with Crippen molar-refractivity contribution in [2.24, 2.45) is 39.9 Å². The van der Waals surface area contributed by atoms with Crippen LogP contribution in [0.2, 0.25) is 0 Å². The largest absolute Gasteiger partial charge is 0.472 e. The number of cyclic esters (lactones) is 1. The summed E-state index contributed by atoms with van der Waals surface area (Å²) in [6, 6.07) is 1.83. The molecule has 4 aliphatic heterocycles. The van der Waals surface area contributed by atoms with Gasteiger partial charge in [0.05, 0.1) is 44.7 Å². The Balaban J connectivity index is 1.39. The summed E-state index contributed by atoms with van der Waals surface area (Å²) in [5, 5.41) is 12.6. The van der Waals surface area contributed by atoms with Gasteiger partial charge in [-0.25, -0.2) is 0 Å². The minimum absolute atomic E-state index is 0.0426. The lowest BCUT2D eigenvalue weighted by Crippen LogP contribution is -2.83. The van der Waals surface area contributed by atoms with E-state index in [4.69, 9.17) is 28.1 Å². The fraction of sp³-hybridized carbons (Fsp3) is 0.767. The van der Waals surface area contributed by atoms with Gasteiger partial charge in [-0.1, -0.05) is 27.7 Å². The number of hydrogen-bond acceptors (Lipinski definition) is 10. The number of carbonyl (C=O) groups excluding carboxylic acids is 3. The summed E-state index contributed by atoms with van der Waals surface area (Å²) in [5.74, 6) is -4.30. The highest BCUT2D eigenvalue weighted by molar-refractivity contribution is 5.73. The maximum Gasteiger partial charge on any atom is 0.306 e. The summed E-state index contributed by atoms with van der Waals surface area (Å²) in [5.41, 5.74) is -2.11. The molecular weight excluding hydrogens is 520 g/mol. The van der Waals surface area contributed by atoms with E-state index in [1.54, 1.807) is 19.5 Å². The molecule has 5 heterocycles. The molecule has 3 saturated carbocycles. The van der Waals surface area contributed by atoms with E-state index in [2.05, 4.69) is 6.92 Å².